The van der Waals surface area contributed by atoms with Crippen LogP contribution in [-0.2, 0) is 18.4 Å². The molecule has 0 aliphatic heterocycles. The molecular weight excluding hydrogens is 408 g/mol. The Morgan fingerprint density at radius 3 is 1.63 bits per heavy atom. The van der Waals surface area contributed by atoms with Crippen molar-refractivity contribution in [3.05, 3.63) is 12.2 Å². The third kappa shape index (κ3) is 11.5. The number of carbonyl (C=O) groups excluding carboxylic acids is 2. The van der Waals surface area contributed by atoms with Crippen molar-refractivity contribution in [3.63, 3.8) is 0 Å². The molecular formula is C24H48O4Si2. The first kappa shape index (κ1) is 29.1. The first-order valence-electron chi connectivity index (χ1n) is 11.6. The second-order valence-electron chi connectivity index (χ2n) is 11.5. The molecule has 0 rings (SSSR count). The maximum Gasteiger partial charge on any atom is 0.317 e. The van der Waals surface area contributed by atoms with Crippen LogP contribution in [0, 0.1) is 0 Å². The highest BCUT2D eigenvalue weighted by molar-refractivity contribution is 6.75. The van der Waals surface area contributed by atoms with Gasteiger partial charge >= 0.3 is 5.97 Å². The first-order chi connectivity index (χ1) is 13.5. The Morgan fingerprint density at radius 2 is 1.13 bits per heavy atom. The Kier molecular flexibility index (Phi) is 11.9. The average Bonchev–Trinajstić information content (AvgIpc) is 2.53. The van der Waals surface area contributed by atoms with Gasteiger partial charge in [0.25, 0.3) is 22.6 Å². The molecule has 0 heterocycles. The van der Waals surface area contributed by atoms with Gasteiger partial charge in [0.05, 0.1) is 0 Å². The van der Waals surface area contributed by atoms with Gasteiger partial charge in [-0.05, 0) is 55.5 Å². The van der Waals surface area contributed by atoms with Crippen LogP contribution in [-0.4, -0.2) is 28.6 Å². The van der Waals surface area contributed by atoms with E-state index in [1.54, 1.807) is 6.08 Å². The van der Waals surface area contributed by atoms with Crippen LogP contribution in [0.2, 0.25) is 36.3 Å². The second kappa shape index (κ2) is 12.2. The molecule has 0 aromatic heterocycles. The lowest BCUT2D eigenvalue weighted by atomic mass is 10.1. The summed E-state index contributed by atoms with van der Waals surface area (Å²) in [4.78, 5) is 24.1. The van der Waals surface area contributed by atoms with Crippen molar-refractivity contribution in [1.29, 1.82) is 0 Å². The molecule has 0 saturated heterocycles. The highest BCUT2D eigenvalue weighted by Gasteiger charge is 2.40. The number of unbranched alkanes of at least 4 members (excludes halogenated alkanes) is 6. The van der Waals surface area contributed by atoms with Crippen molar-refractivity contribution >= 4 is 28.6 Å². The van der Waals surface area contributed by atoms with Gasteiger partial charge in [-0.3, -0.25) is 4.79 Å². The zero-order valence-corrected chi connectivity index (χ0v) is 23.4. The Hall–Kier alpha value is -0.886. The van der Waals surface area contributed by atoms with Crippen molar-refractivity contribution < 1.29 is 18.4 Å². The zero-order chi connectivity index (χ0) is 23.6. The summed E-state index contributed by atoms with van der Waals surface area (Å²) in [6.45, 7) is 21.3. The molecule has 0 N–H and O–H groups in total. The standard InChI is InChI=1S/C24H48O4Si2/c1-23(2,3)29(7,8)27-21(25)19-17-15-13-11-12-14-16-18-20-22(26)28-30(9,10)24(4,5)6/h17,19H,11-16,18,20H2,1-10H3/b19-17-. The third-order valence-electron chi connectivity index (χ3n) is 6.59. The smallest absolute Gasteiger partial charge is 0.317 e. The van der Waals surface area contributed by atoms with Gasteiger partial charge in [0, 0.05) is 12.5 Å². The van der Waals surface area contributed by atoms with Crippen LogP contribution in [0.25, 0.3) is 0 Å². The molecule has 0 aromatic carbocycles. The van der Waals surface area contributed by atoms with Crippen LogP contribution in [0.5, 0.6) is 0 Å². The lowest BCUT2D eigenvalue weighted by Crippen LogP contribution is -2.42. The molecule has 176 valence electrons. The van der Waals surface area contributed by atoms with Crippen molar-refractivity contribution in [2.75, 3.05) is 0 Å². The van der Waals surface area contributed by atoms with Gasteiger partial charge in [0.1, 0.15) is 0 Å². The summed E-state index contributed by atoms with van der Waals surface area (Å²) in [6, 6.07) is 0. The fourth-order valence-electron chi connectivity index (χ4n) is 2.35. The molecule has 0 fully saturated rings. The third-order valence-corrected chi connectivity index (χ3v) is 15.3. The van der Waals surface area contributed by atoms with E-state index < -0.39 is 16.6 Å². The summed E-state index contributed by atoms with van der Waals surface area (Å²) < 4.78 is 11.5. The second-order valence-corrected chi connectivity index (χ2v) is 20.9. The van der Waals surface area contributed by atoms with E-state index in [-0.39, 0.29) is 22.0 Å². The number of hydrogen-bond donors (Lipinski definition) is 0. The van der Waals surface area contributed by atoms with Gasteiger partial charge in [-0.1, -0.05) is 73.3 Å². The summed E-state index contributed by atoms with van der Waals surface area (Å²) in [6.07, 6.45) is 11.5. The lowest BCUT2D eigenvalue weighted by molar-refractivity contribution is -0.135. The van der Waals surface area contributed by atoms with E-state index in [0.717, 1.165) is 38.5 Å². The molecule has 0 radical (unpaired) electrons. The number of rotatable bonds is 12. The van der Waals surface area contributed by atoms with E-state index >= 15 is 0 Å². The van der Waals surface area contributed by atoms with E-state index in [2.05, 4.69) is 67.7 Å². The Labute approximate surface area is 188 Å². The number of carbonyl (C=O) groups is 2. The SMILES string of the molecule is CC(C)(C)[Si](C)(C)OC(=O)/C=C\CCCCCCCCC(=O)O[Si](C)(C)C(C)(C)C. The zero-order valence-electron chi connectivity index (χ0n) is 21.4. The largest absolute Gasteiger partial charge is 0.519 e. The summed E-state index contributed by atoms with van der Waals surface area (Å²) >= 11 is 0. The fraction of sp³-hybridized carbons (Fsp3) is 0.833. The Balaban J connectivity index is 3.84. The van der Waals surface area contributed by atoms with Crippen molar-refractivity contribution in [2.24, 2.45) is 0 Å². The predicted molar refractivity (Wildman–Crippen MR) is 133 cm³/mol. The maximum atomic E-state index is 12.1. The average molecular weight is 457 g/mol. The molecule has 0 aliphatic carbocycles. The van der Waals surface area contributed by atoms with Crippen LogP contribution in [0.4, 0.5) is 0 Å². The minimum atomic E-state index is -2.02. The van der Waals surface area contributed by atoms with Crippen molar-refractivity contribution in [2.45, 2.75) is 129 Å². The van der Waals surface area contributed by atoms with E-state index in [0.29, 0.717) is 6.42 Å². The van der Waals surface area contributed by atoms with E-state index in [1.165, 1.54) is 6.42 Å². The monoisotopic (exact) mass is 456 g/mol. The van der Waals surface area contributed by atoms with Crippen molar-refractivity contribution in [1.82, 2.24) is 0 Å². The van der Waals surface area contributed by atoms with Gasteiger partial charge in [-0.15, -0.1) is 0 Å². The molecule has 0 aromatic rings. The molecule has 0 aliphatic rings. The van der Waals surface area contributed by atoms with Crippen LogP contribution in [0.1, 0.15) is 92.9 Å². The molecule has 0 atom stereocenters. The number of hydrogen-bond acceptors (Lipinski definition) is 4. The summed E-state index contributed by atoms with van der Waals surface area (Å²) in [5.41, 5.74) is 0. The molecule has 0 bridgehead atoms. The summed E-state index contributed by atoms with van der Waals surface area (Å²) in [5.74, 6) is -0.234. The normalized spacial score (nSPS) is 13.5. The highest BCUT2D eigenvalue weighted by atomic mass is 28.4. The van der Waals surface area contributed by atoms with E-state index in [1.807, 2.05) is 6.08 Å². The molecule has 0 saturated carbocycles. The Morgan fingerprint density at radius 1 is 0.700 bits per heavy atom. The molecule has 4 nitrogen and oxygen atoms in total. The lowest BCUT2D eigenvalue weighted by Gasteiger charge is -2.35. The quantitative estimate of drug-likeness (QED) is 0.171. The highest BCUT2D eigenvalue weighted by Crippen LogP contribution is 2.37. The molecule has 6 heteroatoms. The maximum absolute atomic E-state index is 12.1. The fourth-order valence-corrected chi connectivity index (χ4v) is 4.20. The van der Waals surface area contributed by atoms with Crippen molar-refractivity contribution in [3.8, 4) is 0 Å². The van der Waals surface area contributed by atoms with Crippen LogP contribution < -0.4 is 0 Å². The van der Waals surface area contributed by atoms with Crippen LogP contribution >= 0.6 is 0 Å². The minimum absolute atomic E-state index is 0.0312. The summed E-state index contributed by atoms with van der Waals surface area (Å²) in [5, 5.41) is 0.108. The Bertz CT molecular complexity index is 567. The van der Waals surface area contributed by atoms with Gasteiger partial charge in [-0.2, -0.15) is 0 Å². The molecule has 0 unspecified atom stereocenters. The van der Waals surface area contributed by atoms with Gasteiger partial charge in [0.2, 0.25) is 0 Å². The minimum Gasteiger partial charge on any atom is -0.519 e. The topological polar surface area (TPSA) is 52.6 Å². The molecule has 0 amide bonds. The summed E-state index contributed by atoms with van der Waals surface area (Å²) in [7, 11) is -4.00. The van der Waals surface area contributed by atoms with Gasteiger partial charge in [0.15, 0.2) is 0 Å². The van der Waals surface area contributed by atoms with E-state index in [4.69, 9.17) is 8.85 Å². The van der Waals surface area contributed by atoms with Crippen LogP contribution in [0.3, 0.4) is 0 Å². The van der Waals surface area contributed by atoms with Gasteiger partial charge < -0.3 is 8.85 Å². The predicted octanol–water partition coefficient (Wildman–Crippen LogP) is 7.76. The molecule has 30 heavy (non-hydrogen) atoms. The first-order valence-corrected chi connectivity index (χ1v) is 17.4. The van der Waals surface area contributed by atoms with Gasteiger partial charge in [-0.25, -0.2) is 4.79 Å². The van der Waals surface area contributed by atoms with Crippen LogP contribution in [0.15, 0.2) is 12.2 Å². The number of allylic oxidation sites excluding steroid dienone is 1. The molecule has 0 spiro atoms. The van der Waals surface area contributed by atoms with E-state index in [9.17, 15) is 9.59 Å².